The number of benzene rings is 2. The van der Waals surface area contributed by atoms with E-state index in [1.165, 1.54) is 12.8 Å². The van der Waals surface area contributed by atoms with Gasteiger partial charge in [-0.1, -0.05) is 60.1 Å². The predicted octanol–water partition coefficient (Wildman–Crippen LogP) is 5.68. The van der Waals surface area contributed by atoms with Crippen LogP contribution in [-0.4, -0.2) is 38.5 Å². The van der Waals surface area contributed by atoms with Gasteiger partial charge in [-0.2, -0.15) is 5.10 Å². The Morgan fingerprint density at radius 3 is 2.56 bits per heavy atom. The lowest BCUT2D eigenvalue weighted by Gasteiger charge is -2.30. The molecular formula is C26H30ClN3O2. The summed E-state index contributed by atoms with van der Waals surface area (Å²) >= 11 is 6.38. The number of halogens is 1. The molecule has 5 nitrogen and oxygen atoms in total. The summed E-state index contributed by atoms with van der Waals surface area (Å²) in [6.07, 6.45) is 4.07. The molecule has 0 aliphatic heterocycles. The molecule has 1 fully saturated rings. The molecule has 2 aromatic carbocycles. The fourth-order valence-corrected chi connectivity index (χ4v) is 4.05. The molecule has 6 heteroatoms. The summed E-state index contributed by atoms with van der Waals surface area (Å²) in [5, 5.41) is 16.1. The number of nitrogens with zero attached hydrogens (tertiary/aromatic N) is 3. The largest absolute Gasteiger partial charge is 0.437 e. The van der Waals surface area contributed by atoms with Crippen LogP contribution in [0.3, 0.4) is 0 Å². The normalized spacial score (nSPS) is 15.5. The average molecular weight is 452 g/mol. The van der Waals surface area contributed by atoms with E-state index in [4.69, 9.17) is 21.4 Å². The zero-order chi connectivity index (χ0) is 22.7. The van der Waals surface area contributed by atoms with Gasteiger partial charge < -0.3 is 9.84 Å². The van der Waals surface area contributed by atoms with Crippen LogP contribution in [-0.2, 0) is 13.6 Å². The molecule has 0 radical (unpaired) electrons. The molecule has 1 aromatic heterocycles. The van der Waals surface area contributed by atoms with Crippen molar-refractivity contribution in [2.45, 2.75) is 31.9 Å². The maximum Gasteiger partial charge on any atom is 0.222 e. The third-order valence-corrected chi connectivity index (χ3v) is 6.07. The van der Waals surface area contributed by atoms with Gasteiger partial charge in [-0.3, -0.25) is 4.90 Å². The molecule has 32 heavy (non-hydrogen) atoms. The SMILES string of the molecule is C=C[C@@](C)(O)CN(Cc1c(-c2ccccc2)nn(C)c1Oc1ccccc1Cl)CC1CC1. The van der Waals surface area contributed by atoms with Crippen molar-refractivity contribution in [3.63, 3.8) is 0 Å². The van der Waals surface area contributed by atoms with Crippen molar-refractivity contribution in [3.8, 4) is 22.9 Å². The van der Waals surface area contributed by atoms with Crippen LogP contribution in [0.1, 0.15) is 25.3 Å². The van der Waals surface area contributed by atoms with Crippen LogP contribution in [0.4, 0.5) is 0 Å². The number of aliphatic hydroxyl groups is 1. The lowest BCUT2D eigenvalue weighted by Crippen LogP contribution is -2.40. The van der Waals surface area contributed by atoms with E-state index in [1.807, 2.05) is 49.5 Å². The van der Waals surface area contributed by atoms with Gasteiger partial charge in [0.25, 0.3) is 0 Å². The smallest absolute Gasteiger partial charge is 0.222 e. The van der Waals surface area contributed by atoms with Gasteiger partial charge in [0.15, 0.2) is 0 Å². The van der Waals surface area contributed by atoms with E-state index in [9.17, 15) is 5.11 Å². The molecule has 1 aliphatic rings. The maximum atomic E-state index is 10.7. The standard InChI is InChI=1S/C26H30ClN3O2/c1-4-26(2,31)18-30(16-19-14-15-19)17-21-24(20-10-6-5-7-11-20)28-29(3)25(21)32-23-13-9-8-12-22(23)27/h4-13,19,31H,1,14-18H2,2-3H3/t26-/m1/s1. The van der Waals surface area contributed by atoms with Crippen LogP contribution in [0.25, 0.3) is 11.3 Å². The van der Waals surface area contributed by atoms with Gasteiger partial charge in [0.1, 0.15) is 11.4 Å². The number of hydrogen-bond donors (Lipinski definition) is 1. The third kappa shape index (κ3) is 5.41. The molecule has 1 saturated carbocycles. The fraction of sp³-hybridized carbons (Fsp3) is 0.346. The van der Waals surface area contributed by atoms with E-state index < -0.39 is 5.60 Å². The first-order valence-corrected chi connectivity index (χ1v) is 11.4. The monoisotopic (exact) mass is 451 g/mol. The molecule has 3 aromatic rings. The average Bonchev–Trinajstić information content (AvgIpc) is 3.54. The van der Waals surface area contributed by atoms with Crippen molar-refractivity contribution in [3.05, 3.63) is 77.8 Å². The van der Waals surface area contributed by atoms with Crippen molar-refractivity contribution in [1.82, 2.24) is 14.7 Å². The van der Waals surface area contributed by atoms with Gasteiger partial charge in [-0.25, -0.2) is 4.68 Å². The summed E-state index contributed by atoms with van der Waals surface area (Å²) < 4.78 is 8.08. The van der Waals surface area contributed by atoms with Gasteiger partial charge >= 0.3 is 0 Å². The van der Waals surface area contributed by atoms with Crippen molar-refractivity contribution < 1.29 is 9.84 Å². The highest BCUT2D eigenvalue weighted by molar-refractivity contribution is 6.32. The quantitative estimate of drug-likeness (QED) is 0.403. The van der Waals surface area contributed by atoms with Crippen molar-refractivity contribution in [1.29, 1.82) is 0 Å². The van der Waals surface area contributed by atoms with E-state index in [1.54, 1.807) is 17.7 Å². The summed E-state index contributed by atoms with van der Waals surface area (Å²) in [6, 6.07) is 17.6. The molecule has 1 N–H and O–H groups in total. The van der Waals surface area contributed by atoms with Gasteiger partial charge in [0.05, 0.1) is 16.2 Å². The third-order valence-electron chi connectivity index (χ3n) is 5.76. The second-order valence-corrected chi connectivity index (χ2v) is 9.24. The van der Waals surface area contributed by atoms with Crippen molar-refractivity contribution in [2.75, 3.05) is 13.1 Å². The molecule has 168 valence electrons. The van der Waals surface area contributed by atoms with E-state index in [-0.39, 0.29) is 0 Å². The lowest BCUT2D eigenvalue weighted by molar-refractivity contribution is 0.0566. The van der Waals surface area contributed by atoms with Crippen LogP contribution in [0.15, 0.2) is 67.3 Å². The second-order valence-electron chi connectivity index (χ2n) is 8.83. The van der Waals surface area contributed by atoms with Gasteiger partial charge in [0, 0.05) is 32.2 Å². The first kappa shape index (κ1) is 22.6. The first-order valence-electron chi connectivity index (χ1n) is 11.0. The van der Waals surface area contributed by atoms with Crippen LogP contribution >= 0.6 is 11.6 Å². The minimum atomic E-state index is -0.978. The molecule has 4 rings (SSSR count). The Labute approximate surface area is 194 Å². The Morgan fingerprint density at radius 1 is 1.22 bits per heavy atom. The van der Waals surface area contributed by atoms with Gasteiger partial charge in [-0.05, 0) is 37.8 Å². The highest BCUT2D eigenvalue weighted by atomic mass is 35.5. The van der Waals surface area contributed by atoms with E-state index in [2.05, 4.69) is 23.6 Å². The number of ether oxygens (including phenoxy) is 1. The van der Waals surface area contributed by atoms with Crippen LogP contribution < -0.4 is 4.74 Å². The maximum absolute atomic E-state index is 10.7. The lowest BCUT2D eigenvalue weighted by atomic mass is 10.0. The van der Waals surface area contributed by atoms with E-state index >= 15 is 0 Å². The van der Waals surface area contributed by atoms with Gasteiger partial charge in [-0.15, -0.1) is 6.58 Å². The summed E-state index contributed by atoms with van der Waals surface area (Å²) in [5.74, 6) is 1.90. The predicted molar refractivity (Wildman–Crippen MR) is 129 cm³/mol. The van der Waals surface area contributed by atoms with E-state index in [0.717, 1.165) is 23.4 Å². The number of para-hydroxylation sites is 1. The van der Waals surface area contributed by atoms with Crippen LogP contribution in [0.5, 0.6) is 11.6 Å². The summed E-state index contributed by atoms with van der Waals surface area (Å²) in [4.78, 5) is 2.28. The molecule has 1 heterocycles. The number of aryl methyl sites for hydroxylation is 1. The zero-order valence-electron chi connectivity index (χ0n) is 18.7. The highest BCUT2D eigenvalue weighted by Crippen LogP contribution is 2.37. The topological polar surface area (TPSA) is 50.5 Å². The summed E-state index contributed by atoms with van der Waals surface area (Å²) in [6.45, 7) is 7.60. The molecule has 0 amide bonds. The zero-order valence-corrected chi connectivity index (χ0v) is 19.4. The van der Waals surface area contributed by atoms with Crippen molar-refractivity contribution in [2.24, 2.45) is 13.0 Å². The van der Waals surface area contributed by atoms with Crippen LogP contribution in [0.2, 0.25) is 5.02 Å². The number of hydrogen-bond acceptors (Lipinski definition) is 4. The molecule has 0 unspecified atom stereocenters. The van der Waals surface area contributed by atoms with Gasteiger partial charge in [0.2, 0.25) is 5.88 Å². The minimum absolute atomic E-state index is 0.488. The first-order chi connectivity index (χ1) is 15.4. The molecular weight excluding hydrogens is 422 g/mol. The molecule has 0 saturated heterocycles. The van der Waals surface area contributed by atoms with E-state index in [0.29, 0.717) is 35.7 Å². The molecule has 0 bridgehead atoms. The fourth-order valence-electron chi connectivity index (χ4n) is 3.87. The van der Waals surface area contributed by atoms with Crippen molar-refractivity contribution >= 4 is 11.6 Å². The Kier molecular flexibility index (Phi) is 6.70. The summed E-state index contributed by atoms with van der Waals surface area (Å²) in [5.41, 5.74) is 1.88. The number of rotatable bonds is 10. The Bertz CT molecular complexity index is 1070. The minimum Gasteiger partial charge on any atom is -0.437 e. The van der Waals surface area contributed by atoms with Crippen LogP contribution in [0, 0.1) is 5.92 Å². The number of aromatic nitrogens is 2. The molecule has 1 atom stereocenters. The Hall–Kier alpha value is -2.60. The molecule has 1 aliphatic carbocycles. The highest BCUT2D eigenvalue weighted by Gasteiger charge is 2.30. The Morgan fingerprint density at radius 2 is 1.91 bits per heavy atom. The second kappa shape index (κ2) is 9.49. The summed E-state index contributed by atoms with van der Waals surface area (Å²) in [7, 11) is 1.88. The molecule has 0 spiro atoms. The Balaban J connectivity index is 1.74.